The molecule has 0 bridgehead atoms. The van der Waals surface area contributed by atoms with Crippen LogP contribution in [0.25, 0.3) is 0 Å². The van der Waals surface area contributed by atoms with Gasteiger partial charge in [-0.3, -0.25) is 0 Å². The van der Waals surface area contributed by atoms with Crippen LogP contribution in [0, 0.1) is 0 Å². The lowest BCUT2D eigenvalue weighted by Gasteiger charge is -2.08. The molecule has 4 nitrogen and oxygen atoms in total. The molecule has 2 aromatic rings. The summed E-state index contributed by atoms with van der Waals surface area (Å²) in [4.78, 5) is 11.8. The van der Waals surface area contributed by atoms with Gasteiger partial charge in [0.25, 0.3) is 0 Å². The number of benzene rings is 1. The van der Waals surface area contributed by atoms with Gasteiger partial charge in [0.1, 0.15) is 12.7 Å². The van der Waals surface area contributed by atoms with Gasteiger partial charge in [0.15, 0.2) is 5.82 Å². The van der Waals surface area contributed by atoms with Gasteiger partial charge >= 0.3 is 0 Å². The van der Waals surface area contributed by atoms with Crippen LogP contribution in [0.5, 0.6) is 0 Å². The Kier molecular flexibility index (Phi) is 2.46. The van der Waals surface area contributed by atoms with Crippen molar-refractivity contribution in [3.63, 3.8) is 0 Å². The van der Waals surface area contributed by atoms with E-state index in [1.807, 2.05) is 30.3 Å². The summed E-state index contributed by atoms with van der Waals surface area (Å²) in [6.07, 6.45) is 2.90. The monoisotopic (exact) mass is 186 g/mol. The molecule has 1 atom stereocenters. The van der Waals surface area contributed by atoms with Gasteiger partial charge in [-0.05, 0) is 5.56 Å². The molecule has 0 fully saturated rings. The number of nitrogens with zero attached hydrogens (tertiary/aromatic N) is 3. The van der Waals surface area contributed by atoms with Crippen LogP contribution in [0.2, 0.25) is 0 Å². The van der Waals surface area contributed by atoms with Crippen molar-refractivity contribution < 1.29 is 0 Å². The van der Waals surface area contributed by atoms with E-state index in [1.165, 1.54) is 12.7 Å². The summed E-state index contributed by atoms with van der Waals surface area (Å²) in [6.45, 7) is 0. The summed E-state index contributed by atoms with van der Waals surface area (Å²) in [5.74, 6) is 0.589. The van der Waals surface area contributed by atoms with Crippen LogP contribution in [0.1, 0.15) is 17.4 Å². The number of rotatable bonds is 2. The lowest BCUT2D eigenvalue weighted by molar-refractivity contribution is 0.765. The molecule has 2 rings (SSSR count). The second-order valence-electron chi connectivity index (χ2n) is 2.88. The molecular formula is C10H10N4. The second-order valence-corrected chi connectivity index (χ2v) is 2.88. The second kappa shape index (κ2) is 3.93. The van der Waals surface area contributed by atoms with Gasteiger partial charge in [0, 0.05) is 0 Å². The molecule has 1 aromatic carbocycles. The van der Waals surface area contributed by atoms with E-state index < -0.39 is 0 Å². The van der Waals surface area contributed by atoms with E-state index in [0.29, 0.717) is 5.82 Å². The highest BCUT2D eigenvalue weighted by Gasteiger charge is 2.09. The number of aromatic nitrogens is 3. The van der Waals surface area contributed by atoms with E-state index in [2.05, 4.69) is 15.0 Å². The van der Waals surface area contributed by atoms with Gasteiger partial charge in [-0.2, -0.15) is 0 Å². The Hall–Kier alpha value is -1.81. The van der Waals surface area contributed by atoms with Crippen LogP contribution in [0.4, 0.5) is 0 Å². The molecule has 1 unspecified atom stereocenters. The predicted octanol–water partition coefficient (Wildman–Crippen LogP) is 0.920. The Bertz CT molecular complexity index is 348. The standard InChI is InChI=1S/C10H10N4/c11-9(8-4-2-1-3-5-8)10-13-6-12-7-14-10/h1-7,9H,11H2. The van der Waals surface area contributed by atoms with Gasteiger partial charge in [0.2, 0.25) is 0 Å². The van der Waals surface area contributed by atoms with Crippen molar-refractivity contribution in [3.8, 4) is 0 Å². The fourth-order valence-electron chi connectivity index (χ4n) is 1.22. The van der Waals surface area contributed by atoms with Crippen molar-refractivity contribution in [2.24, 2.45) is 5.73 Å². The molecular weight excluding hydrogens is 176 g/mol. The average Bonchev–Trinajstić information content (AvgIpc) is 2.30. The zero-order valence-corrected chi connectivity index (χ0v) is 7.54. The van der Waals surface area contributed by atoms with Crippen LogP contribution in [0.15, 0.2) is 43.0 Å². The Balaban J connectivity index is 2.30. The van der Waals surface area contributed by atoms with Crippen molar-refractivity contribution in [1.29, 1.82) is 0 Å². The van der Waals surface area contributed by atoms with Crippen molar-refractivity contribution >= 4 is 0 Å². The fourth-order valence-corrected chi connectivity index (χ4v) is 1.22. The third kappa shape index (κ3) is 1.75. The maximum Gasteiger partial charge on any atom is 0.153 e. The summed E-state index contributed by atoms with van der Waals surface area (Å²) < 4.78 is 0. The van der Waals surface area contributed by atoms with Gasteiger partial charge in [-0.15, -0.1) is 0 Å². The fraction of sp³-hybridized carbons (Fsp3) is 0.100. The minimum absolute atomic E-state index is 0.279. The Morgan fingerprint density at radius 2 is 1.64 bits per heavy atom. The van der Waals surface area contributed by atoms with E-state index in [1.54, 1.807) is 0 Å². The molecule has 1 aromatic heterocycles. The van der Waals surface area contributed by atoms with E-state index in [9.17, 15) is 0 Å². The third-order valence-electron chi connectivity index (χ3n) is 1.95. The summed E-state index contributed by atoms with van der Waals surface area (Å²) in [7, 11) is 0. The number of nitrogens with two attached hydrogens (primary N) is 1. The van der Waals surface area contributed by atoms with Crippen LogP contribution in [-0.4, -0.2) is 15.0 Å². The Morgan fingerprint density at radius 3 is 2.29 bits per heavy atom. The lowest BCUT2D eigenvalue weighted by atomic mass is 10.1. The highest BCUT2D eigenvalue weighted by Crippen LogP contribution is 2.13. The Morgan fingerprint density at radius 1 is 1.00 bits per heavy atom. The zero-order chi connectivity index (χ0) is 9.80. The largest absolute Gasteiger partial charge is 0.318 e. The highest BCUT2D eigenvalue weighted by atomic mass is 15.0. The first-order chi connectivity index (χ1) is 6.88. The van der Waals surface area contributed by atoms with E-state index in [4.69, 9.17) is 5.73 Å². The van der Waals surface area contributed by atoms with Gasteiger partial charge in [-0.1, -0.05) is 30.3 Å². The topological polar surface area (TPSA) is 64.7 Å². The molecule has 0 amide bonds. The van der Waals surface area contributed by atoms with Crippen molar-refractivity contribution in [1.82, 2.24) is 15.0 Å². The van der Waals surface area contributed by atoms with Gasteiger partial charge in [-0.25, -0.2) is 15.0 Å². The molecule has 0 saturated carbocycles. The van der Waals surface area contributed by atoms with E-state index in [-0.39, 0.29) is 6.04 Å². The molecule has 1 heterocycles. The average molecular weight is 186 g/mol. The van der Waals surface area contributed by atoms with Crippen molar-refractivity contribution in [2.45, 2.75) is 6.04 Å². The molecule has 0 saturated heterocycles. The number of hydrogen-bond acceptors (Lipinski definition) is 4. The van der Waals surface area contributed by atoms with E-state index in [0.717, 1.165) is 5.56 Å². The molecule has 0 aliphatic heterocycles. The molecule has 0 aliphatic carbocycles. The normalized spacial score (nSPS) is 12.4. The van der Waals surface area contributed by atoms with Crippen LogP contribution in [-0.2, 0) is 0 Å². The molecule has 4 heteroatoms. The maximum atomic E-state index is 5.96. The first-order valence-corrected chi connectivity index (χ1v) is 4.30. The minimum atomic E-state index is -0.279. The molecule has 0 radical (unpaired) electrons. The van der Waals surface area contributed by atoms with Crippen LogP contribution < -0.4 is 5.73 Å². The first kappa shape index (κ1) is 8.77. The minimum Gasteiger partial charge on any atom is -0.318 e. The summed E-state index contributed by atoms with van der Waals surface area (Å²) in [6, 6.07) is 9.46. The summed E-state index contributed by atoms with van der Waals surface area (Å²) >= 11 is 0. The smallest absolute Gasteiger partial charge is 0.153 e. The third-order valence-corrected chi connectivity index (χ3v) is 1.95. The van der Waals surface area contributed by atoms with Crippen LogP contribution >= 0.6 is 0 Å². The number of hydrogen-bond donors (Lipinski definition) is 1. The Labute approximate surface area is 81.9 Å². The molecule has 0 aliphatic rings. The predicted molar refractivity (Wildman–Crippen MR) is 52.3 cm³/mol. The maximum absolute atomic E-state index is 5.96. The molecule has 0 spiro atoms. The molecule has 14 heavy (non-hydrogen) atoms. The van der Waals surface area contributed by atoms with Crippen molar-refractivity contribution in [3.05, 3.63) is 54.4 Å². The van der Waals surface area contributed by atoms with Crippen molar-refractivity contribution in [2.75, 3.05) is 0 Å². The zero-order valence-electron chi connectivity index (χ0n) is 7.54. The molecule has 70 valence electrons. The molecule has 2 N–H and O–H groups in total. The summed E-state index contributed by atoms with van der Waals surface area (Å²) in [5.41, 5.74) is 6.96. The van der Waals surface area contributed by atoms with Gasteiger partial charge in [0.05, 0.1) is 6.04 Å². The quantitative estimate of drug-likeness (QED) is 0.757. The highest BCUT2D eigenvalue weighted by molar-refractivity contribution is 5.23. The first-order valence-electron chi connectivity index (χ1n) is 4.30. The SMILES string of the molecule is NC(c1ccccc1)c1ncncn1. The van der Waals surface area contributed by atoms with E-state index >= 15 is 0 Å². The van der Waals surface area contributed by atoms with Crippen LogP contribution in [0.3, 0.4) is 0 Å². The lowest BCUT2D eigenvalue weighted by Crippen LogP contribution is -2.15. The summed E-state index contributed by atoms with van der Waals surface area (Å²) in [5, 5.41) is 0. The van der Waals surface area contributed by atoms with Gasteiger partial charge < -0.3 is 5.73 Å².